The molecule has 2 rings (SSSR count). The predicted octanol–water partition coefficient (Wildman–Crippen LogP) is 4.55. The van der Waals surface area contributed by atoms with Crippen molar-refractivity contribution >= 4 is 35.0 Å². The van der Waals surface area contributed by atoms with E-state index in [0.29, 0.717) is 10.0 Å². The molecule has 1 saturated heterocycles. The summed E-state index contributed by atoms with van der Waals surface area (Å²) in [5.41, 5.74) is 0. The first-order valence-corrected chi connectivity index (χ1v) is 8.55. The normalized spacial score (nSPS) is 17.6. The molecule has 1 aromatic rings. The third kappa shape index (κ3) is 4.45. The molecule has 5 heteroatoms. The average Bonchev–Trinajstić information content (AvgIpc) is 2.92. The smallest absolute Gasteiger partial charge is 0.161 e. The van der Waals surface area contributed by atoms with E-state index < -0.39 is 0 Å². The Hall–Kier alpha value is -0.0900. The van der Waals surface area contributed by atoms with Gasteiger partial charge >= 0.3 is 0 Å². The molecule has 19 heavy (non-hydrogen) atoms. The molecule has 0 saturated carbocycles. The second-order valence-electron chi connectivity index (χ2n) is 4.55. The standard InChI is InChI=1S/C14H19Cl2NOS/c1-2-19-10-14(17-7-3-4-8-17)18-11-5-6-12(15)13(16)9-11/h5-6,9,14H,2-4,7-8,10H2,1H3. The van der Waals surface area contributed by atoms with Gasteiger partial charge in [-0.25, -0.2) is 0 Å². The van der Waals surface area contributed by atoms with E-state index >= 15 is 0 Å². The minimum Gasteiger partial charge on any atom is -0.474 e. The van der Waals surface area contributed by atoms with Crippen LogP contribution in [0.4, 0.5) is 0 Å². The van der Waals surface area contributed by atoms with Crippen LogP contribution in [0.3, 0.4) is 0 Å². The summed E-state index contributed by atoms with van der Waals surface area (Å²) in [6.45, 7) is 4.41. The summed E-state index contributed by atoms with van der Waals surface area (Å²) in [6.07, 6.45) is 2.65. The predicted molar refractivity (Wildman–Crippen MR) is 84.7 cm³/mol. The number of ether oxygens (including phenoxy) is 1. The molecule has 106 valence electrons. The summed E-state index contributed by atoms with van der Waals surface area (Å²) in [4.78, 5) is 2.41. The van der Waals surface area contributed by atoms with E-state index in [9.17, 15) is 0 Å². The molecule has 1 heterocycles. The number of rotatable bonds is 6. The van der Waals surface area contributed by atoms with Gasteiger partial charge in [0.1, 0.15) is 5.75 Å². The van der Waals surface area contributed by atoms with Gasteiger partial charge in [0.05, 0.1) is 10.0 Å². The summed E-state index contributed by atoms with van der Waals surface area (Å²) in [6, 6.07) is 5.46. The molecule has 0 aliphatic carbocycles. The van der Waals surface area contributed by atoms with Gasteiger partial charge in [-0.3, -0.25) is 4.90 Å². The Labute approximate surface area is 129 Å². The van der Waals surface area contributed by atoms with Gasteiger partial charge in [-0.1, -0.05) is 30.1 Å². The Morgan fingerprint density at radius 2 is 2.00 bits per heavy atom. The number of likely N-dealkylation sites (tertiary alicyclic amines) is 1. The minimum atomic E-state index is 0.129. The summed E-state index contributed by atoms with van der Waals surface area (Å²) in [5, 5.41) is 1.11. The Balaban J connectivity index is 2.03. The highest BCUT2D eigenvalue weighted by atomic mass is 35.5. The van der Waals surface area contributed by atoms with E-state index in [1.165, 1.54) is 12.8 Å². The lowest BCUT2D eigenvalue weighted by atomic mass is 10.3. The van der Waals surface area contributed by atoms with Crippen molar-refractivity contribution in [1.82, 2.24) is 4.90 Å². The van der Waals surface area contributed by atoms with Crippen LogP contribution < -0.4 is 4.74 Å². The van der Waals surface area contributed by atoms with Crippen molar-refractivity contribution in [3.8, 4) is 5.75 Å². The van der Waals surface area contributed by atoms with E-state index in [1.54, 1.807) is 12.1 Å². The summed E-state index contributed by atoms with van der Waals surface area (Å²) in [5.74, 6) is 2.88. The maximum Gasteiger partial charge on any atom is 0.161 e. The first kappa shape index (κ1) is 15.3. The molecule has 0 N–H and O–H groups in total. The number of hydrogen-bond donors (Lipinski definition) is 0. The lowest BCUT2D eigenvalue weighted by molar-refractivity contribution is 0.0633. The van der Waals surface area contributed by atoms with Gasteiger partial charge in [0.2, 0.25) is 0 Å². The number of hydrogen-bond acceptors (Lipinski definition) is 3. The fraction of sp³-hybridized carbons (Fsp3) is 0.571. The van der Waals surface area contributed by atoms with Gasteiger partial charge in [-0.05, 0) is 30.7 Å². The van der Waals surface area contributed by atoms with E-state index in [0.717, 1.165) is 30.3 Å². The monoisotopic (exact) mass is 319 g/mol. The third-order valence-corrected chi connectivity index (χ3v) is 4.84. The fourth-order valence-electron chi connectivity index (χ4n) is 2.17. The molecule has 0 amide bonds. The SMILES string of the molecule is CCSCC(Oc1ccc(Cl)c(Cl)c1)N1CCCC1. The highest BCUT2D eigenvalue weighted by molar-refractivity contribution is 7.99. The minimum absolute atomic E-state index is 0.129. The molecule has 0 radical (unpaired) electrons. The quantitative estimate of drug-likeness (QED) is 0.763. The lowest BCUT2D eigenvalue weighted by Gasteiger charge is -2.28. The maximum absolute atomic E-state index is 6.10. The number of nitrogens with zero attached hydrogens (tertiary/aromatic N) is 1. The summed E-state index contributed by atoms with van der Waals surface area (Å²) in [7, 11) is 0. The first-order valence-electron chi connectivity index (χ1n) is 6.64. The van der Waals surface area contributed by atoms with Crippen molar-refractivity contribution in [3.05, 3.63) is 28.2 Å². The van der Waals surface area contributed by atoms with Crippen LogP contribution in [0.15, 0.2) is 18.2 Å². The van der Waals surface area contributed by atoms with Crippen LogP contribution in [-0.4, -0.2) is 35.7 Å². The summed E-state index contributed by atoms with van der Waals surface area (Å²) < 4.78 is 6.10. The summed E-state index contributed by atoms with van der Waals surface area (Å²) >= 11 is 13.9. The van der Waals surface area contributed by atoms with Crippen molar-refractivity contribution < 1.29 is 4.74 Å². The van der Waals surface area contributed by atoms with Crippen molar-refractivity contribution in [2.45, 2.75) is 26.0 Å². The average molecular weight is 320 g/mol. The molecule has 0 spiro atoms. The van der Waals surface area contributed by atoms with Crippen LogP contribution in [0.1, 0.15) is 19.8 Å². The van der Waals surface area contributed by atoms with Gasteiger partial charge in [0.25, 0.3) is 0 Å². The Morgan fingerprint density at radius 3 is 2.63 bits per heavy atom. The molecule has 1 aromatic carbocycles. The zero-order valence-electron chi connectivity index (χ0n) is 11.1. The van der Waals surface area contributed by atoms with Crippen molar-refractivity contribution in [1.29, 1.82) is 0 Å². The first-order chi connectivity index (χ1) is 9.20. The molecule has 0 bridgehead atoms. The van der Waals surface area contributed by atoms with E-state index in [1.807, 2.05) is 17.8 Å². The van der Waals surface area contributed by atoms with Crippen molar-refractivity contribution in [2.75, 3.05) is 24.6 Å². The Bertz CT molecular complexity index is 410. The van der Waals surface area contributed by atoms with E-state index in [-0.39, 0.29) is 6.23 Å². The highest BCUT2D eigenvalue weighted by Crippen LogP contribution is 2.28. The van der Waals surface area contributed by atoms with Gasteiger partial charge in [0, 0.05) is 24.9 Å². The van der Waals surface area contributed by atoms with Gasteiger partial charge in [0.15, 0.2) is 6.23 Å². The zero-order chi connectivity index (χ0) is 13.7. The fourth-order valence-corrected chi connectivity index (χ4v) is 3.17. The van der Waals surface area contributed by atoms with Crippen LogP contribution in [-0.2, 0) is 0 Å². The molecule has 1 aliphatic heterocycles. The Morgan fingerprint density at radius 1 is 1.26 bits per heavy atom. The maximum atomic E-state index is 6.10. The molecule has 1 aliphatic rings. The van der Waals surface area contributed by atoms with Crippen LogP contribution in [0.5, 0.6) is 5.75 Å². The number of halogens is 2. The number of thioether (sulfide) groups is 1. The van der Waals surface area contributed by atoms with Crippen LogP contribution in [0, 0.1) is 0 Å². The topological polar surface area (TPSA) is 12.5 Å². The molecule has 1 unspecified atom stereocenters. The molecule has 2 nitrogen and oxygen atoms in total. The molecule has 1 fully saturated rings. The highest BCUT2D eigenvalue weighted by Gasteiger charge is 2.23. The van der Waals surface area contributed by atoms with Gasteiger partial charge in [-0.15, -0.1) is 0 Å². The van der Waals surface area contributed by atoms with Crippen molar-refractivity contribution in [3.63, 3.8) is 0 Å². The molecule has 0 aromatic heterocycles. The van der Waals surface area contributed by atoms with Crippen LogP contribution in [0.2, 0.25) is 10.0 Å². The third-order valence-electron chi connectivity index (χ3n) is 3.18. The van der Waals surface area contributed by atoms with E-state index in [2.05, 4.69) is 11.8 Å². The van der Waals surface area contributed by atoms with Crippen molar-refractivity contribution in [2.24, 2.45) is 0 Å². The van der Waals surface area contributed by atoms with Crippen LogP contribution >= 0.6 is 35.0 Å². The number of benzene rings is 1. The second-order valence-corrected chi connectivity index (χ2v) is 6.68. The van der Waals surface area contributed by atoms with E-state index in [4.69, 9.17) is 27.9 Å². The zero-order valence-corrected chi connectivity index (χ0v) is 13.4. The largest absolute Gasteiger partial charge is 0.474 e. The second kappa shape index (κ2) is 7.63. The molecular weight excluding hydrogens is 301 g/mol. The lowest BCUT2D eigenvalue weighted by Crippen LogP contribution is -2.39. The Kier molecular flexibility index (Phi) is 6.14. The van der Waals surface area contributed by atoms with Crippen LogP contribution in [0.25, 0.3) is 0 Å². The molecular formula is C14H19Cl2NOS. The van der Waals surface area contributed by atoms with Gasteiger partial charge < -0.3 is 4.74 Å². The molecule has 1 atom stereocenters. The van der Waals surface area contributed by atoms with Gasteiger partial charge in [-0.2, -0.15) is 11.8 Å².